The van der Waals surface area contributed by atoms with Crippen LogP contribution in [0.4, 0.5) is 5.69 Å². The van der Waals surface area contributed by atoms with Crippen LogP contribution in [-0.2, 0) is 11.4 Å². The zero-order chi connectivity index (χ0) is 18.4. The highest BCUT2D eigenvalue weighted by atomic mass is 35.5. The number of amides is 1. The predicted molar refractivity (Wildman–Crippen MR) is 103 cm³/mol. The van der Waals surface area contributed by atoms with Gasteiger partial charge in [0.05, 0.1) is 21.5 Å². The molecule has 134 valence electrons. The molecule has 1 amide bonds. The Labute approximate surface area is 164 Å². The molecule has 26 heavy (non-hydrogen) atoms. The minimum absolute atomic E-state index is 0.139. The van der Waals surface area contributed by atoms with Crippen molar-refractivity contribution >= 4 is 46.6 Å². The van der Waals surface area contributed by atoms with Crippen molar-refractivity contribution in [1.29, 1.82) is 0 Å². The van der Waals surface area contributed by atoms with Gasteiger partial charge >= 0.3 is 0 Å². The lowest BCUT2D eigenvalue weighted by atomic mass is 10.3. The Morgan fingerprint density at radius 2 is 1.96 bits per heavy atom. The number of carbonyl (C=O) groups excluding carboxylic acids is 1. The lowest BCUT2D eigenvalue weighted by Crippen LogP contribution is -2.14. The minimum atomic E-state index is -0.231. The molecule has 2 aromatic carbocycles. The van der Waals surface area contributed by atoms with E-state index in [0.717, 1.165) is 5.75 Å². The van der Waals surface area contributed by atoms with Crippen molar-refractivity contribution in [3.05, 3.63) is 64.4 Å². The molecule has 0 aliphatic heterocycles. The molecule has 0 aliphatic carbocycles. The number of anilines is 1. The van der Waals surface area contributed by atoms with Gasteiger partial charge in [-0.3, -0.25) is 9.89 Å². The lowest BCUT2D eigenvalue weighted by Gasteiger charge is -2.07. The van der Waals surface area contributed by atoms with Crippen molar-refractivity contribution in [1.82, 2.24) is 15.2 Å². The van der Waals surface area contributed by atoms with Crippen LogP contribution in [-0.4, -0.2) is 26.8 Å². The van der Waals surface area contributed by atoms with Crippen LogP contribution in [0.5, 0.6) is 5.75 Å². The number of halogens is 2. The van der Waals surface area contributed by atoms with Crippen LogP contribution in [0.25, 0.3) is 0 Å². The molecule has 9 heteroatoms. The molecule has 0 atom stereocenters. The van der Waals surface area contributed by atoms with Crippen molar-refractivity contribution < 1.29 is 9.53 Å². The number of nitrogens with one attached hydrogen (secondary N) is 2. The normalized spacial score (nSPS) is 10.5. The summed E-state index contributed by atoms with van der Waals surface area (Å²) in [5.74, 6) is 1.23. The van der Waals surface area contributed by atoms with Crippen LogP contribution in [0.15, 0.2) is 53.7 Å². The average molecular weight is 409 g/mol. The number of benzene rings is 2. The summed E-state index contributed by atoms with van der Waals surface area (Å²) in [6.45, 7) is 0.266. The van der Waals surface area contributed by atoms with Gasteiger partial charge < -0.3 is 10.1 Å². The van der Waals surface area contributed by atoms with Gasteiger partial charge in [-0.15, -0.1) is 5.10 Å². The first kappa shape index (κ1) is 18.6. The Balaban J connectivity index is 1.48. The number of H-pyrrole nitrogens is 1. The molecule has 1 aromatic heterocycles. The Hall–Kier alpha value is -2.22. The Bertz CT molecular complexity index is 889. The molecule has 2 N–H and O–H groups in total. The van der Waals surface area contributed by atoms with Crippen molar-refractivity contribution in [3.63, 3.8) is 0 Å². The van der Waals surface area contributed by atoms with Crippen molar-refractivity contribution in [2.45, 2.75) is 11.8 Å². The molecule has 3 rings (SSSR count). The quantitative estimate of drug-likeness (QED) is 0.565. The number of thioether (sulfide) groups is 1. The number of para-hydroxylation sites is 1. The van der Waals surface area contributed by atoms with E-state index in [4.69, 9.17) is 27.9 Å². The van der Waals surface area contributed by atoms with Crippen LogP contribution in [0, 0.1) is 0 Å². The summed E-state index contributed by atoms with van der Waals surface area (Å²) in [4.78, 5) is 16.3. The maximum Gasteiger partial charge on any atom is 0.234 e. The van der Waals surface area contributed by atoms with Crippen LogP contribution in [0.3, 0.4) is 0 Å². The number of rotatable bonds is 7. The average Bonchev–Trinajstić information content (AvgIpc) is 3.11. The second kappa shape index (κ2) is 8.93. The Morgan fingerprint density at radius 1 is 1.15 bits per heavy atom. The fraction of sp³-hybridized carbons (Fsp3) is 0.118. The molecule has 0 radical (unpaired) electrons. The summed E-state index contributed by atoms with van der Waals surface area (Å²) in [6, 6.07) is 14.5. The molecule has 6 nitrogen and oxygen atoms in total. The molecule has 0 fully saturated rings. The maximum absolute atomic E-state index is 12.0. The molecule has 0 saturated heterocycles. The molecular weight excluding hydrogens is 395 g/mol. The molecule has 0 saturated carbocycles. The third-order valence-electron chi connectivity index (χ3n) is 3.19. The maximum atomic E-state index is 12.0. The summed E-state index contributed by atoms with van der Waals surface area (Å²) >= 11 is 13.2. The van der Waals surface area contributed by atoms with E-state index in [1.54, 1.807) is 18.2 Å². The Morgan fingerprint density at radius 3 is 2.77 bits per heavy atom. The summed E-state index contributed by atoms with van der Waals surface area (Å²) in [6.07, 6.45) is 0. The number of aromatic amines is 1. The topological polar surface area (TPSA) is 79.9 Å². The highest BCUT2D eigenvalue weighted by Gasteiger charge is 2.11. The zero-order valence-corrected chi connectivity index (χ0v) is 15.7. The molecule has 1 heterocycles. The molecule has 0 aliphatic rings. The van der Waals surface area contributed by atoms with Crippen LogP contribution >= 0.6 is 35.0 Å². The van der Waals surface area contributed by atoms with Gasteiger partial charge in [0.15, 0.2) is 5.82 Å². The highest BCUT2D eigenvalue weighted by Crippen LogP contribution is 2.29. The van der Waals surface area contributed by atoms with Crippen LogP contribution in [0.1, 0.15) is 5.82 Å². The van der Waals surface area contributed by atoms with E-state index < -0.39 is 0 Å². The van der Waals surface area contributed by atoms with E-state index in [9.17, 15) is 4.79 Å². The van der Waals surface area contributed by atoms with E-state index in [0.29, 0.717) is 26.7 Å². The molecule has 0 spiro atoms. The van der Waals surface area contributed by atoms with Gasteiger partial charge in [0, 0.05) is 0 Å². The fourth-order valence-electron chi connectivity index (χ4n) is 1.99. The van der Waals surface area contributed by atoms with Gasteiger partial charge in [0.1, 0.15) is 12.4 Å². The summed E-state index contributed by atoms with van der Waals surface area (Å²) in [7, 11) is 0. The first-order valence-corrected chi connectivity index (χ1v) is 9.32. The third kappa shape index (κ3) is 5.14. The number of ether oxygens (including phenoxy) is 1. The summed E-state index contributed by atoms with van der Waals surface area (Å²) < 4.78 is 5.58. The number of aromatic nitrogens is 3. The zero-order valence-electron chi connectivity index (χ0n) is 13.4. The summed E-state index contributed by atoms with van der Waals surface area (Å²) in [5.41, 5.74) is 0.469. The largest absolute Gasteiger partial charge is 0.486 e. The van der Waals surface area contributed by atoms with E-state index in [2.05, 4.69) is 20.5 Å². The monoisotopic (exact) mass is 408 g/mol. The smallest absolute Gasteiger partial charge is 0.234 e. The van der Waals surface area contributed by atoms with Crippen molar-refractivity contribution in [2.75, 3.05) is 11.1 Å². The van der Waals surface area contributed by atoms with Crippen molar-refractivity contribution in [2.24, 2.45) is 0 Å². The number of hydrogen-bond acceptors (Lipinski definition) is 5. The SMILES string of the molecule is O=C(CSc1n[nH]c(COc2ccccc2)n1)Nc1cccc(Cl)c1Cl. The molecule has 0 bridgehead atoms. The lowest BCUT2D eigenvalue weighted by molar-refractivity contribution is -0.113. The highest BCUT2D eigenvalue weighted by molar-refractivity contribution is 7.99. The molecule has 0 unspecified atom stereocenters. The summed E-state index contributed by atoms with van der Waals surface area (Å²) in [5, 5.41) is 10.7. The van der Waals surface area contributed by atoms with Gasteiger partial charge in [-0.2, -0.15) is 0 Å². The third-order valence-corrected chi connectivity index (χ3v) is 4.85. The minimum Gasteiger partial charge on any atom is -0.486 e. The van der Waals surface area contributed by atoms with Crippen LogP contribution in [0.2, 0.25) is 10.0 Å². The van der Waals surface area contributed by atoms with Gasteiger partial charge in [-0.1, -0.05) is 59.2 Å². The Kier molecular flexibility index (Phi) is 6.38. The first-order valence-electron chi connectivity index (χ1n) is 7.57. The fourth-order valence-corrected chi connectivity index (χ4v) is 2.96. The van der Waals surface area contributed by atoms with Gasteiger partial charge in [0.2, 0.25) is 11.1 Å². The second-order valence-corrected chi connectivity index (χ2v) is 6.83. The van der Waals surface area contributed by atoms with Gasteiger partial charge in [-0.05, 0) is 24.3 Å². The van der Waals surface area contributed by atoms with Crippen LogP contribution < -0.4 is 10.1 Å². The van der Waals surface area contributed by atoms with Crippen molar-refractivity contribution in [3.8, 4) is 5.75 Å². The van der Waals surface area contributed by atoms with Gasteiger partial charge in [-0.25, -0.2) is 4.98 Å². The first-order chi connectivity index (χ1) is 12.6. The van der Waals surface area contributed by atoms with E-state index in [-0.39, 0.29) is 18.3 Å². The molecule has 3 aromatic rings. The molecular formula is C17H14Cl2N4O2S. The predicted octanol–water partition coefficient (Wildman–Crippen LogP) is 4.42. The number of carbonyl (C=O) groups is 1. The number of nitrogens with zero attached hydrogens (tertiary/aromatic N) is 2. The van der Waals surface area contributed by atoms with E-state index >= 15 is 0 Å². The number of hydrogen-bond donors (Lipinski definition) is 2. The second-order valence-electron chi connectivity index (χ2n) is 5.10. The van der Waals surface area contributed by atoms with Gasteiger partial charge in [0.25, 0.3) is 0 Å². The van der Waals surface area contributed by atoms with E-state index in [1.165, 1.54) is 11.8 Å². The standard InChI is InChI=1S/C17H14Cl2N4O2S/c18-12-7-4-8-13(16(12)19)20-15(24)10-26-17-21-14(22-23-17)9-25-11-5-2-1-3-6-11/h1-8H,9-10H2,(H,20,24)(H,21,22,23). The van der Waals surface area contributed by atoms with E-state index in [1.807, 2.05) is 30.3 Å².